The number of ether oxygens (including phenoxy) is 1. The molecule has 0 saturated carbocycles. The molecule has 17 heavy (non-hydrogen) atoms. The van der Waals surface area contributed by atoms with Crippen molar-refractivity contribution in [3.63, 3.8) is 0 Å². The molecule has 1 unspecified atom stereocenters. The van der Waals surface area contributed by atoms with Crippen molar-refractivity contribution >= 4 is 18.9 Å². The highest BCUT2D eigenvalue weighted by molar-refractivity contribution is 7.53. The van der Waals surface area contributed by atoms with Crippen molar-refractivity contribution in [1.82, 2.24) is 4.98 Å². The van der Waals surface area contributed by atoms with Crippen LogP contribution in [-0.2, 0) is 31.6 Å². The largest absolute Gasteiger partial charge is 0.378 e. The third-order valence-corrected chi connectivity index (χ3v) is 4.81. The van der Waals surface area contributed by atoms with E-state index in [1.165, 1.54) is 11.3 Å². The van der Waals surface area contributed by atoms with Crippen molar-refractivity contribution in [2.24, 2.45) is 0 Å². The molecular weight excluding hydrogens is 261 g/mol. The quantitative estimate of drug-likeness (QED) is 0.684. The number of rotatable bonds is 8. The van der Waals surface area contributed by atoms with Crippen molar-refractivity contribution in [2.45, 2.75) is 27.1 Å². The van der Waals surface area contributed by atoms with Crippen LogP contribution >= 0.6 is 18.9 Å². The number of methoxy groups -OCH3 is 1. The lowest BCUT2D eigenvalue weighted by atomic mass is 10.5. The molecule has 1 rings (SSSR count). The Hall–Kier alpha value is -0.260. The van der Waals surface area contributed by atoms with E-state index >= 15 is 0 Å². The van der Waals surface area contributed by atoms with Gasteiger partial charge in [0.2, 0.25) is 0 Å². The Morgan fingerprint density at radius 3 is 2.71 bits per heavy atom. The number of nitrogens with zero attached hydrogens (tertiary/aromatic N) is 1. The second-order valence-electron chi connectivity index (χ2n) is 3.28. The molecule has 0 saturated heterocycles. The zero-order valence-electron chi connectivity index (χ0n) is 10.3. The number of thiazole rings is 1. The van der Waals surface area contributed by atoms with E-state index in [0.29, 0.717) is 19.4 Å². The van der Waals surface area contributed by atoms with Gasteiger partial charge in [0, 0.05) is 18.7 Å². The molecule has 1 aromatic rings. The van der Waals surface area contributed by atoms with Gasteiger partial charge in [0.1, 0.15) is 5.01 Å². The van der Waals surface area contributed by atoms with Crippen LogP contribution in [0.3, 0.4) is 0 Å². The van der Waals surface area contributed by atoms with Crippen LogP contribution < -0.4 is 0 Å². The first-order valence-electron chi connectivity index (χ1n) is 5.44. The predicted molar refractivity (Wildman–Crippen MR) is 67.4 cm³/mol. The Kier molecular flexibility index (Phi) is 6.30. The van der Waals surface area contributed by atoms with Crippen LogP contribution in [0.1, 0.15) is 24.5 Å². The summed E-state index contributed by atoms with van der Waals surface area (Å²) in [5.41, 5.74) is 0.760. The summed E-state index contributed by atoms with van der Waals surface area (Å²) in [6.07, 6.45) is 0.371. The van der Waals surface area contributed by atoms with E-state index in [-0.39, 0.29) is 6.61 Å². The summed E-state index contributed by atoms with van der Waals surface area (Å²) < 4.78 is 27.4. The second kappa shape index (κ2) is 7.24. The van der Waals surface area contributed by atoms with Crippen molar-refractivity contribution in [2.75, 3.05) is 19.9 Å². The minimum atomic E-state index is -2.94. The molecule has 0 aromatic carbocycles. The Balaban J connectivity index is 2.50. The van der Waals surface area contributed by atoms with Crippen molar-refractivity contribution in [3.05, 3.63) is 16.1 Å². The first kappa shape index (κ1) is 14.8. The lowest BCUT2D eigenvalue weighted by Crippen LogP contribution is -1.99. The third-order valence-electron chi connectivity index (χ3n) is 1.99. The van der Waals surface area contributed by atoms with Gasteiger partial charge in [-0.05, 0) is 6.92 Å². The van der Waals surface area contributed by atoms with Gasteiger partial charge in [0.25, 0.3) is 0 Å². The molecule has 0 aliphatic rings. The van der Waals surface area contributed by atoms with Gasteiger partial charge >= 0.3 is 7.60 Å². The Labute approximate surface area is 106 Å². The monoisotopic (exact) mass is 279 g/mol. The minimum Gasteiger partial charge on any atom is -0.378 e. The summed E-state index contributed by atoms with van der Waals surface area (Å²) in [5.74, 6) is 0. The summed E-state index contributed by atoms with van der Waals surface area (Å²) in [7, 11) is -1.32. The van der Waals surface area contributed by atoms with E-state index in [0.717, 1.165) is 10.7 Å². The highest BCUT2D eigenvalue weighted by Gasteiger charge is 2.21. The Morgan fingerprint density at radius 2 is 2.12 bits per heavy atom. The maximum atomic E-state index is 12.0. The van der Waals surface area contributed by atoms with Gasteiger partial charge in [-0.2, -0.15) is 0 Å². The molecule has 1 atom stereocenters. The molecule has 5 nitrogen and oxygen atoms in total. The highest BCUT2D eigenvalue weighted by Crippen LogP contribution is 2.48. The van der Waals surface area contributed by atoms with Gasteiger partial charge in [0.05, 0.1) is 25.5 Å². The van der Waals surface area contributed by atoms with E-state index in [4.69, 9.17) is 13.8 Å². The molecule has 0 aliphatic heterocycles. The van der Waals surface area contributed by atoms with E-state index in [9.17, 15) is 4.57 Å². The summed E-state index contributed by atoms with van der Waals surface area (Å²) in [6.45, 7) is 4.67. The van der Waals surface area contributed by atoms with Crippen molar-refractivity contribution in [3.8, 4) is 0 Å². The molecule has 7 heteroatoms. The van der Waals surface area contributed by atoms with Gasteiger partial charge < -0.3 is 13.8 Å². The topological polar surface area (TPSA) is 57.7 Å². The van der Waals surface area contributed by atoms with Gasteiger partial charge in [-0.25, -0.2) is 4.98 Å². The number of hydrogen-bond acceptors (Lipinski definition) is 6. The fraction of sp³-hybridized carbons (Fsp3) is 0.700. The van der Waals surface area contributed by atoms with Crippen molar-refractivity contribution < 1.29 is 18.3 Å². The van der Waals surface area contributed by atoms with Crippen molar-refractivity contribution in [1.29, 1.82) is 0 Å². The fourth-order valence-corrected chi connectivity index (χ4v) is 3.10. The van der Waals surface area contributed by atoms with Crippen LogP contribution in [0.15, 0.2) is 5.38 Å². The van der Waals surface area contributed by atoms with Gasteiger partial charge in [-0.15, -0.1) is 11.3 Å². The van der Waals surface area contributed by atoms with Gasteiger partial charge in [-0.3, -0.25) is 4.57 Å². The van der Waals surface area contributed by atoms with Crippen LogP contribution in [0.5, 0.6) is 0 Å². The summed E-state index contributed by atoms with van der Waals surface area (Å²) in [6, 6.07) is 0. The molecular formula is C10H18NO4PS. The van der Waals surface area contributed by atoms with E-state index in [1.807, 2.05) is 5.38 Å². The molecule has 0 N–H and O–H groups in total. The first-order chi connectivity index (χ1) is 8.13. The van der Waals surface area contributed by atoms with Crippen LogP contribution in [0, 0.1) is 0 Å². The third kappa shape index (κ3) is 4.85. The zero-order valence-corrected chi connectivity index (χ0v) is 12.1. The molecule has 0 fully saturated rings. The number of hydrogen-bond donors (Lipinski definition) is 0. The summed E-state index contributed by atoms with van der Waals surface area (Å²) >= 11 is 1.50. The highest BCUT2D eigenvalue weighted by atomic mass is 32.1. The average Bonchev–Trinajstić information content (AvgIpc) is 2.75. The van der Waals surface area contributed by atoms with Crippen LogP contribution in [0.4, 0.5) is 0 Å². The van der Waals surface area contributed by atoms with Crippen LogP contribution in [-0.4, -0.2) is 24.9 Å². The molecule has 0 bridgehead atoms. The van der Waals surface area contributed by atoms with E-state index < -0.39 is 7.60 Å². The normalized spacial score (nSPS) is 14.8. The lowest BCUT2D eigenvalue weighted by Gasteiger charge is -2.14. The Bertz CT molecular complexity index is 382. The maximum Gasteiger partial charge on any atom is 0.330 e. The zero-order chi connectivity index (χ0) is 12.7. The molecule has 1 aromatic heterocycles. The molecule has 98 valence electrons. The predicted octanol–water partition coefficient (Wildman–Crippen LogP) is 3.06. The van der Waals surface area contributed by atoms with E-state index in [2.05, 4.69) is 4.98 Å². The Morgan fingerprint density at radius 1 is 1.35 bits per heavy atom. The smallest absolute Gasteiger partial charge is 0.330 e. The molecule has 0 radical (unpaired) electrons. The molecule has 1 heterocycles. The van der Waals surface area contributed by atoms with Crippen LogP contribution in [0.2, 0.25) is 0 Å². The SMILES string of the molecule is CCOP(=O)(CC)OCc1csc(COC)n1. The van der Waals surface area contributed by atoms with Crippen LogP contribution in [0.25, 0.3) is 0 Å². The maximum absolute atomic E-state index is 12.0. The fourth-order valence-electron chi connectivity index (χ4n) is 1.19. The molecule has 0 aliphatic carbocycles. The first-order valence-corrected chi connectivity index (χ1v) is 8.04. The van der Waals surface area contributed by atoms with Gasteiger partial charge in [-0.1, -0.05) is 6.92 Å². The minimum absolute atomic E-state index is 0.214. The molecule has 0 amide bonds. The molecule has 0 spiro atoms. The lowest BCUT2D eigenvalue weighted by molar-refractivity contribution is 0.183. The van der Waals surface area contributed by atoms with E-state index in [1.54, 1.807) is 21.0 Å². The second-order valence-corrected chi connectivity index (χ2v) is 6.60. The van der Waals surface area contributed by atoms with Gasteiger partial charge in [0.15, 0.2) is 0 Å². The number of aromatic nitrogens is 1. The summed E-state index contributed by atoms with van der Waals surface area (Å²) in [5, 5.41) is 2.76. The average molecular weight is 279 g/mol. The summed E-state index contributed by atoms with van der Waals surface area (Å²) in [4.78, 5) is 4.29. The standard InChI is InChI=1S/C10H18NO4PS/c1-4-14-16(12,5-2)15-6-9-8-17-10(11-9)7-13-3/h8H,4-7H2,1-3H3.